The molecule has 1 aromatic heterocycles. The van der Waals surface area contributed by atoms with Gasteiger partial charge >= 0.3 is 0 Å². The fourth-order valence-electron chi connectivity index (χ4n) is 2.91. The lowest BCUT2D eigenvalue weighted by Gasteiger charge is -2.27. The van der Waals surface area contributed by atoms with Crippen molar-refractivity contribution in [1.82, 2.24) is 9.97 Å². The molecule has 0 aliphatic heterocycles. The van der Waals surface area contributed by atoms with E-state index in [4.69, 9.17) is 5.73 Å². The van der Waals surface area contributed by atoms with Gasteiger partial charge in [0.1, 0.15) is 11.6 Å². The Bertz CT molecular complexity index is 498. The van der Waals surface area contributed by atoms with E-state index in [2.05, 4.69) is 22.2 Å². The third-order valence-electron chi connectivity index (χ3n) is 4.12. The fraction of sp³-hybridized carbons (Fsp3) is 0.667. The van der Waals surface area contributed by atoms with E-state index in [0.29, 0.717) is 12.2 Å². The quantitative estimate of drug-likeness (QED) is 0.747. The van der Waals surface area contributed by atoms with E-state index in [1.54, 1.807) is 6.20 Å². The first-order valence-electron chi connectivity index (χ1n) is 7.76. The Kier molecular flexibility index (Phi) is 5.36. The van der Waals surface area contributed by atoms with Crippen LogP contribution in [0.4, 0.5) is 5.82 Å². The zero-order valence-corrected chi connectivity index (χ0v) is 12.5. The van der Waals surface area contributed by atoms with Crippen molar-refractivity contribution in [3.8, 4) is 0 Å². The summed E-state index contributed by atoms with van der Waals surface area (Å²) in [5.74, 6) is 0.300. The van der Waals surface area contributed by atoms with E-state index in [0.717, 1.165) is 44.3 Å². The van der Waals surface area contributed by atoms with Crippen molar-refractivity contribution in [3.63, 3.8) is 0 Å². The lowest BCUT2D eigenvalue weighted by Crippen LogP contribution is -2.39. The number of hydrogen-bond acceptors (Lipinski definition) is 3. The largest absolute Gasteiger partial charge is 0.369 e. The summed E-state index contributed by atoms with van der Waals surface area (Å²) < 4.78 is 0. The molecule has 1 aliphatic carbocycles. The average Bonchev–Trinajstić information content (AvgIpc) is 2.92. The molecule has 0 spiro atoms. The maximum absolute atomic E-state index is 12.3. The molecule has 2 amide bonds. The summed E-state index contributed by atoms with van der Waals surface area (Å²) in [5, 5.41) is 2.83. The number of anilines is 1. The molecular weight excluding hydrogens is 268 g/mol. The normalized spacial score (nSPS) is 22.0. The monoisotopic (exact) mass is 292 g/mol. The van der Waals surface area contributed by atoms with E-state index in [-0.39, 0.29) is 23.7 Å². The number of aromatic nitrogens is 2. The minimum atomic E-state index is -0.372. The molecule has 2 rings (SSSR count). The van der Waals surface area contributed by atoms with Crippen molar-refractivity contribution < 1.29 is 9.59 Å². The molecule has 0 radical (unpaired) electrons. The van der Waals surface area contributed by atoms with Gasteiger partial charge in [0.15, 0.2) is 0 Å². The van der Waals surface area contributed by atoms with Crippen LogP contribution < -0.4 is 11.1 Å². The Labute approximate surface area is 124 Å². The van der Waals surface area contributed by atoms with Gasteiger partial charge < -0.3 is 16.0 Å². The maximum atomic E-state index is 12.3. The number of amides is 2. The number of aromatic amines is 1. The Morgan fingerprint density at radius 2 is 2.10 bits per heavy atom. The van der Waals surface area contributed by atoms with Crippen LogP contribution in [-0.2, 0) is 16.0 Å². The van der Waals surface area contributed by atoms with Gasteiger partial charge in [0.25, 0.3) is 0 Å². The third-order valence-corrected chi connectivity index (χ3v) is 4.12. The van der Waals surface area contributed by atoms with Crippen LogP contribution in [0.2, 0.25) is 0 Å². The molecule has 0 saturated heterocycles. The second-order valence-electron chi connectivity index (χ2n) is 5.74. The average molecular weight is 292 g/mol. The second-order valence-corrected chi connectivity index (χ2v) is 5.74. The van der Waals surface area contributed by atoms with Gasteiger partial charge in [-0.2, -0.15) is 0 Å². The predicted octanol–water partition coefficient (Wildman–Crippen LogP) is 1.98. The molecule has 6 heteroatoms. The highest BCUT2D eigenvalue weighted by Crippen LogP contribution is 2.30. The smallest absolute Gasteiger partial charge is 0.229 e. The van der Waals surface area contributed by atoms with Gasteiger partial charge in [0.2, 0.25) is 11.8 Å². The lowest BCUT2D eigenvalue weighted by molar-refractivity contribution is -0.131. The van der Waals surface area contributed by atoms with Crippen LogP contribution in [0.5, 0.6) is 0 Å². The number of rotatable bonds is 6. The molecule has 1 saturated carbocycles. The summed E-state index contributed by atoms with van der Waals surface area (Å²) in [6.45, 7) is 2.12. The molecule has 2 unspecified atom stereocenters. The van der Waals surface area contributed by atoms with E-state index < -0.39 is 0 Å². The van der Waals surface area contributed by atoms with Crippen molar-refractivity contribution in [2.75, 3.05) is 5.32 Å². The Hall–Kier alpha value is -1.85. The highest BCUT2D eigenvalue weighted by Gasteiger charge is 2.34. The third kappa shape index (κ3) is 4.06. The molecule has 0 bridgehead atoms. The van der Waals surface area contributed by atoms with Crippen LogP contribution in [0.25, 0.3) is 0 Å². The summed E-state index contributed by atoms with van der Waals surface area (Å²) in [7, 11) is 0. The molecule has 1 fully saturated rings. The molecule has 1 aliphatic rings. The topological polar surface area (TPSA) is 101 Å². The van der Waals surface area contributed by atoms with Crippen molar-refractivity contribution in [3.05, 3.63) is 12.0 Å². The predicted molar refractivity (Wildman–Crippen MR) is 80.5 cm³/mol. The zero-order valence-electron chi connectivity index (χ0n) is 12.5. The summed E-state index contributed by atoms with van der Waals surface area (Å²) in [4.78, 5) is 31.2. The van der Waals surface area contributed by atoms with Crippen LogP contribution in [-0.4, -0.2) is 21.8 Å². The van der Waals surface area contributed by atoms with Gasteiger partial charge in [-0.1, -0.05) is 26.2 Å². The highest BCUT2D eigenvalue weighted by atomic mass is 16.2. The Balaban J connectivity index is 1.96. The second kappa shape index (κ2) is 7.24. The van der Waals surface area contributed by atoms with E-state index in [1.165, 1.54) is 0 Å². The lowest BCUT2D eigenvalue weighted by atomic mass is 9.78. The molecule has 6 nitrogen and oxygen atoms in total. The van der Waals surface area contributed by atoms with E-state index in [9.17, 15) is 9.59 Å². The standard InChI is InChI=1S/C15H24N4O2/c1-2-3-8-12-17-9-13(18-12)19-15(21)11-7-5-4-6-10(11)14(16)20/h9-11H,2-8H2,1H3,(H2,16,20)(H,17,18)(H,19,21). The van der Waals surface area contributed by atoms with Gasteiger partial charge in [-0.05, 0) is 19.3 Å². The van der Waals surface area contributed by atoms with Gasteiger partial charge in [0.05, 0.1) is 6.20 Å². The molecule has 1 aromatic rings. The van der Waals surface area contributed by atoms with E-state index in [1.807, 2.05) is 0 Å². The van der Waals surface area contributed by atoms with Crippen molar-refractivity contribution in [2.24, 2.45) is 17.6 Å². The van der Waals surface area contributed by atoms with E-state index >= 15 is 0 Å². The number of nitrogens with one attached hydrogen (secondary N) is 2. The van der Waals surface area contributed by atoms with Crippen LogP contribution in [0, 0.1) is 11.8 Å². The molecule has 2 atom stereocenters. The first kappa shape index (κ1) is 15.5. The number of aryl methyl sites for hydroxylation is 1. The fourth-order valence-corrected chi connectivity index (χ4v) is 2.91. The molecule has 4 N–H and O–H groups in total. The number of nitrogens with zero attached hydrogens (tertiary/aromatic N) is 1. The number of unbranched alkanes of at least 4 members (excludes halogenated alkanes) is 1. The van der Waals surface area contributed by atoms with Crippen LogP contribution in [0.3, 0.4) is 0 Å². The molecule has 21 heavy (non-hydrogen) atoms. The van der Waals surface area contributed by atoms with Gasteiger partial charge in [0, 0.05) is 18.3 Å². The minimum Gasteiger partial charge on any atom is -0.369 e. The van der Waals surface area contributed by atoms with Gasteiger partial charge in [-0.15, -0.1) is 0 Å². The number of carbonyl (C=O) groups excluding carboxylic acids is 2. The summed E-state index contributed by atoms with van der Waals surface area (Å²) in [6, 6.07) is 0. The van der Waals surface area contributed by atoms with Gasteiger partial charge in [-0.25, -0.2) is 4.98 Å². The first-order valence-corrected chi connectivity index (χ1v) is 7.76. The minimum absolute atomic E-state index is 0.135. The van der Waals surface area contributed by atoms with Crippen molar-refractivity contribution in [1.29, 1.82) is 0 Å². The highest BCUT2D eigenvalue weighted by molar-refractivity contribution is 5.95. The maximum Gasteiger partial charge on any atom is 0.229 e. The van der Waals surface area contributed by atoms with Crippen LogP contribution >= 0.6 is 0 Å². The zero-order chi connectivity index (χ0) is 15.2. The van der Waals surface area contributed by atoms with Crippen molar-refractivity contribution >= 4 is 17.6 Å². The number of hydrogen-bond donors (Lipinski definition) is 3. The number of H-pyrrole nitrogens is 1. The number of nitrogens with two attached hydrogens (primary N) is 1. The first-order chi connectivity index (χ1) is 10.1. The summed E-state index contributed by atoms with van der Waals surface area (Å²) in [6.07, 6.45) is 8.02. The number of primary amides is 1. The van der Waals surface area contributed by atoms with Crippen LogP contribution in [0.1, 0.15) is 51.3 Å². The molecule has 0 aromatic carbocycles. The van der Waals surface area contributed by atoms with Crippen molar-refractivity contribution in [2.45, 2.75) is 51.9 Å². The SMILES string of the molecule is CCCCc1ncc(NC(=O)C2CCCCC2C(N)=O)[nH]1. The van der Waals surface area contributed by atoms with Crippen LogP contribution in [0.15, 0.2) is 6.20 Å². The summed E-state index contributed by atoms with van der Waals surface area (Å²) >= 11 is 0. The molecule has 1 heterocycles. The Morgan fingerprint density at radius 1 is 1.38 bits per heavy atom. The molecular formula is C15H24N4O2. The molecule has 116 valence electrons. The number of imidazole rings is 1. The number of carbonyl (C=O) groups is 2. The Morgan fingerprint density at radius 3 is 2.76 bits per heavy atom. The summed E-state index contributed by atoms with van der Waals surface area (Å²) in [5.41, 5.74) is 5.41. The van der Waals surface area contributed by atoms with Gasteiger partial charge in [-0.3, -0.25) is 9.59 Å².